The number of nitrogens with zero attached hydrogens (tertiary/aromatic N) is 8. The van der Waals surface area contributed by atoms with Gasteiger partial charge in [-0.15, -0.1) is 20.4 Å². The maximum Gasteiger partial charge on any atom is 0.122 e. The van der Waals surface area contributed by atoms with E-state index in [1.807, 2.05) is 48.5 Å². The van der Waals surface area contributed by atoms with Crippen LogP contribution < -0.4 is 0 Å². The minimum atomic E-state index is -3.19. The highest BCUT2D eigenvalue weighted by Crippen LogP contribution is 2.61. The van der Waals surface area contributed by atoms with E-state index in [4.69, 9.17) is 40.8 Å². The van der Waals surface area contributed by atoms with Gasteiger partial charge in [0, 0.05) is 21.5 Å². The van der Waals surface area contributed by atoms with Gasteiger partial charge in [0.1, 0.15) is 16.1 Å². The summed E-state index contributed by atoms with van der Waals surface area (Å²) in [5, 5.41) is 50.1. The molecular formula is C68H50N8Si2. The van der Waals surface area contributed by atoms with Crippen molar-refractivity contribution in [2.75, 3.05) is 0 Å². The van der Waals surface area contributed by atoms with E-state index in [-0.39, 0.29) is 0 Å². The van der Waals surface area contributed by atoms with Gasteiger partial charge in [0.2, 0.25) is 0 Å². The number of allylic oxidation sites excluding steroid dienone is 4. The highest BCUT2D eigenvalue weighted by atomic mass is 28.3. The zero-order valence-corrected chi connectivity index (χ0v) is 45.1. The molecule has 0 atom stereocenters. The predicted octanol–water partition coefficient (Wildman–Crippen LogP) is 15.5. The lowest BCUT2D eigenvalue weighted by Crippen LogP contribution is -2.40. The van der Waals surface area contributed by atoms with Gasteiger partial charge in [-0.05, 0) is 114 Å². The Hall–Kier alpha value is -9.49. The molecule has 12 aromatic rings. The highest BCUT2D eigenvalue weighted by molar-refractivity contribution is 7.17. The van der Waals surface area contributed by atoms with Crippen molar-refractivity contribution in [1.29, 1.82) is 0 Å². The first kappa shape index (κ1) is 47.0. The zero-order chi connectivity index (χ0) is 52.2. The van der Waals surface area contributed by atoms with Gasteiger partial charge in [-0.2, -0.15) is 20.4 Å². The summed E-state index contributed by atoms with van der Waals surface area (Å²) >= 11 is 0. The highest BCUT2D eigenvalue weighted by Gasteiger charge is 2.54. The van der Waals surface area contributed by atoms with Crippen molar-refractivity contribution in [3.05, 3.63) is 288 Å². The topological polar surface area (TPSA) is 103 Å². The molecule has 370 valence electrons. The first-order chi connectivity index (χ1) is 38.4. The Balaban J connectivity index is 1.10. The van der Waals surface area contributed by atoms with Crippen molar-refractivity contribution < 1.29 is 0 Å². The normalized spacial score (nSPS) is 15.2. The van der Waals surface area contributed by atoms with Gasteiger partial charge in [-0.25, -0.2) is 0 Å². The molecular weight excluding hydrogens is 985 g/mol. The van der Waals surface area contributed by atoms with Crippen LogP contribution in [-0.2, 0) is 0 Å². The summed E-state index contributed by atoms with van der Waals surface area (Å²) < 4.78 is 0. The van der Waals surface area contributed by atoms with E-state index in [2.05, 4.69) is 207 Å². The summed E-state index contributed by atoms with van der Waals surface area (Å²) in [5.41, 5.74) is 16.0. The van der Waals surface area contributed by atoms with Gasteiger partial charge in [-0.3, -0.25) is 0 Å². The fourth-order valence-electron chi connectivity index (χ4n) is 12.5. The van der Waals surface area contributed by atoms with Crippen molar-refractivity contribution in [1.82, 2.24) is 40.8 Å². The molecule has 6 heterocycles. The lowest BCUT2D eigenvalue weighted by molar-refractivity contribution is 1.05. The Morgan fingerprint density at radius 2 is 0.449 bits per heavy atom. The Morgan fingerprint density at radius 3 is 0.679 bits per heavy atom. The molecule has 0 N–H and O–H groups in total. The lowest BCUT2D eigenvalue weighted by atomic mass is 9.90. The molecule has 0 bridgehead atoms. The molecule has 0 amide bonds. The van der Waals surface area contributed by atoms with E-state index >= 15 is 0 Å². The van der Waals surface area contributed by atoms with Gasteiger partial charge in [0.15, 0.2) is 0 Å². The molecule has 0 fully saturated rings. The summed E-state index contributed by atoms with van der Waals surface area (Å²) in [7, 11) is -6.37. The Morgan fingerprint density at radius 1 is 0.244 bits per heavy atom. The molecule has 0 radical (unpaired) electrons. The van der Waals surface area contributed by atoms with Gasteiger partial charge < -0.3 is 0 Å². The van der Waals surface area contributed by atoms with E-state index in [0.29, 0.717) is 0 Å². The molecule has 2 aliphatic rings. The van der Waals surface area contributed by atoms with Crippen molar-refractivity contribution in [2.24, 2.45) is 0 Å². The molecule has 10 heteroatoms. The summed E-state index contributed by atoms with van der Waals surface area (Å²) in [6.45, 7) is 5.12. The molecule has 0 saturated heterocycles. The van der Waals surface area contributed by atoms with E-state index in [0.717, 1.165) is 123 Å². The minimum absolute atomic E-state index is 0.801. The molecule has 0 unspecified atom stereocenters. The molecule has 14 rings (SSSR count). The van der Waals surface area contributed by atoms with Crippen LogP contribution in [0.4, 0.5) is 0 Å². The molecule has 78 heavy (non-hydrogen) atoms. The second-order valence-corrected chi connectivity index (χ2v) is 29.1. The summed E-state index contributed by atoms with van der Waals surface area (Å²) in [4.78, 5) is 0. The van der Waals surface area contributed by atoms with Crippen LogP contribution in [-0.4, -0.2) is 56.9 Å². The molecule has 2 aliphatic heterocycles. The Labute approximate surface area is 454 Å². The minimum Gasteiger partial charge on any atom is -0.151 e. The number of benzene rings is 8. The SMILES string of the molecule is C[Si]1(CC[Si]2(C)C(c3cc4ccccc4nn3)=C(c3ccccc3)C(c3ccccc3)=C2c2cc3ccccc3nn2)C(c2cc3ccccc3nn2)=C(c2ccccc2)C(c2ccccc2)=C1c1cc2ccccc2nn1. The zero-order valence-electron chi connectivity index (χ0n) is 43.1. The van der Waals surface area contributed by atoms with Gasteiger partial charge >= 0.3 is 0 Å². The van der Waals surface area contributed by atoms with Gasteiger partial charge in [0.05, 0.1) is 44.8 Å². The van der Waals surface area contributed by atoms with Crippen LogP contribution in [0.2, 0.25) is 25.2 Å². The standard InChI is InChI=1S/C68H50N8Si2/c1-77(65(57-41-49-31-15-19-35-53(49)69-73-57)61(45-23-7-3-8-24-45)62(46-25-9-4-10-26-46)66(77)58-42-50-32-16-20-36-54(50)70-74-58)39-40-78(2)67(59-43-51-33-17-21-37-55(51)71-75-59)63(47-27-11-5-12-28-47)64(48-29-13-6-14-30-48)68(78)60-44-52-34-18-22-38-56(52)72-76-60/h3-38,41-44H,39-40H2,1-2H3. The summed E-state index contributed by atoms with van der Waals surface area (Å²) in [6, 6.07) is 87.5. The molecule has 0 saturated carbocycles. The third-order valence-electron chi connectivity index (χ3n) is 16.1. The maximum atomic E-state index is 5.27. The Kier molecular flexibility index (Phi) is 11.6. The van der Waals surface area contributed by atoms with Crippen LogP contribution in [0.3, 0.4) is 0 Å². The van der Waals surface area contributed by atoms with E-state index in [9.17, 15) is 0 Å². The lowest BCUT2D eigenvalue weighted by Gasteiger charge is -2.35. The average molecular weight is 1040 g/mol. The number of aromatic nitrogens is 8. The predicted molar refractivity (Wildman–Crippen MR) is 324 cm³/mol. The number of hydrogen-bond donors (Lipinski definition) is 0. The number of fused-ring (bicyclic) bond motifs is 4. The van der Waals surface area contributed by atoms with Crippen molar-refractivity contribution in [3.8, 4) is 0 Å². The van der Waals surface area contributed by atoms with Crippen LogP contribution in [0, 0.1) is 0 Å². The van der Waals surface area contributed by atoms with Gasteiger partial charge in [-0.1, -0.05) is 219 Å². The molecule has 8 nitrogen and oxygen atoms in total. The van der Waals surface area contributed by atoms with Crippen molar-refractivity contribution in [3.63, 3.8) is 0 Å². The molecule has 0 spiro atoms. The third-order valence-corrected chi connectivity index (χ3v) is 25.5. The van der Waals surface area contributed by atoms with E-state index in [1.54, 1.807) is 0 Å². The molecule has 4 aromatic heterocycles. The van der Waals surface area contributed by atoms with Crippen LogP contribution in [0.15, 0.2) is 243 Å². The first-order valence-corrected chi connectivity index (χ1v) is 32.0. The first-order valence-electron chi connectivity index (χ1n) is 26.6. The second-order valence-electron chi connectivity index (χ2n) is 20.8. The van der Waals surface area contributed by atoms with Crippen LogP contribution >= 0.6 is 0 Å². The summed E-state index contributed by atoms with van der Waals surface area (Å²) in [5.74, 6) is 0. The second kappa shape index (κ2) is 19.3. The smallest absolute Gasteiger partial charge is 0.122 e. The molecule has 0 aliphatic carbocycles. The van der Waals surface area contributed by atoms with E-state index < -0.39 is 16.1 Å². The van der Waals surface area contributed by atoms with Gasteiger partial charge in [0.25, 0.3) is 0 Å². The van der Waals surface area contributed by atoms with Crippen molar-refractivity contribution >= 4 is 103 Å². The van der Waals surface area contributed by atoms with Crippen LogP contribution in [0.5, 0.6) is 0 Å². The fraction of sp³-hybridized carbons (Fsp3) is 0.0588. The number of rotatable bonds is 11. The molecule has 8 aromatic carbocycles. The monoisotopic (exact) mass is 1030 g/mol. The fourth-order valence-corrected chi connectivity index (χ4v) is 24.0. The van der Waals surface area contributed by atoms with E-state index in [1.165, 1.54) is 20.8 Å². The maximum absolute atomic E-state index is 5.27. The summed E-state index contributed by atoms with van der Waals surface area (Å²) in [6.07, 6.45) is 0. The Bertz CT molecular complexity index is 3900. The van der Waals surface area contributed by atoms with Crippen molar-refractivity contribution in [2.45, 2.75) is 25.2 Å². The number of hydrogen-bond acceptors (Lipinski definition) is 8. The average Bonchev–Trinajstić information content (AvgIpc) is 3.98. The van der Waals surface area contributed by atoms with Crippen LogP contribution in [0.1, 0.15) is 45.0 Å². The third kappa shape index (κ3) is 7.95. The largest absolute Gasteiger partial charge is 0.151 e. The van der Waals surface area contributed by atoms with Crippen LogP contribution in [0.25, 0.3) is 86.7 Å². The quantitative estimate of drug-likeness (QED) is 0.118.